The highest BCUT2D eigenvalue weighted by Crippen LogP contribution is 2.34. The summed E-state index contributed by atoms with van der Waals surface area (Å²) < 4.78 is 28.0. The zero-order chi connectivity index (χ0) is 27.7. The van der Waals surface area contributed by atoms with Crippen LogP contribution in [0.1, 0.15) is 16.7 Å². The van der Waals surface area contributed by atoms with E-state index < -0.39 is 47.1 Å². The Morgan fingerprint density at radius 2 is 1.10 bits per heavy atom. The van der Waals surface area contributed by atoms with Crippen molar-refractivity contribution in [2.75, 3.05) is 6.61 Å². The van der Waals surface area contributed by atoms with Crippen molar-refractivity contribution in [1.29, 1.82) is 0 Å². The van der Waals surface area contributed by atoms with Gasteiger partial charge in [0, 0.05) is 0 Å². The van der Waals surface area contributed by atoms with Crippen LogP contribution in [0.25, 0.3) is 0 Å². The molecule has 1 aliphatic rings. The van der Waals surface area contributed by atoms with Crippen LogP contribution >= 0.6 is 34.8 Å². The Kier molecular flexibility index (Phi) is 11.0. The van der Waals surface area contributed by atoms with Crippen molar-refractivity contribution in [1.82, 2.24) is 0 Å². The van der Waals surface area contributed by atoms with Gasteiger partial charge in [-0.05, 0) is 16.7 Å². The van der Waals surface area contributed by atoms with Crippen LogP contribution in [-0.4, -0.2) is 52.2 Å². The number of esters is 1. The molecule has 39 heavy (non-hydrogen) atoms. The number of rotatable bonds is 11. The average molecular weight is 596 g/mol. The SMILES string of the molecule is O=C(O[C@H]1O[C@H](CO)[C@H](OCc2ccccc2)[C@H](OCc2ccccc2)[C@H]1OCc1ccccc1)C(Cl)(Cl)Cl. The maximum atomic E-state index is 12.5. The topological polar surface area (TPSA) is 83.5 Å². The van der Waals surface area contributed by atoms with E-state index in [1.807, 2.05) is 91.0 Å². The fourth-order valence-electron chi connectivity index (χ4n) is 4.16. The molecule has 0 radical (unpaired) electrons. The number of ether oxygens (including phenoxy) is 5. The number of halogens is 3. The molecule has 3 aromatic rings. The van der Waals surface area contributed by atoms with E-state index in [1.165, 1.54) is 0 Å². The molecule has 1 aliphatic heterocycles. The molecular weight excluding hydrogens is 567 g/mol. The largest absolute Gasteiger partial charge is 0.430 e. The molecule has 1 N–H and O–H groups in total. The summed E-state index contributed by atoms with van der Waals surface area (Å²) in [5, 5.41) is 10.2. The molecule has 1 saturated heterocycles. The molecule has 7 nitrogen and oxygen atoms in total. The molecule has 4 rings (SSSR count). The van der Waals surface area contributed by atoms with Crippen LogP contribution in [0.4, 0.5) is 0 Å². The van der Waals surface area contributed by atoms with Crippen LogP contribution in [0, 0.1) is 0 Å². The monoisotopic (exact) mass is 594 g/mol. The first kappa shape index (κ1) is 29.8. The van der Waals surface area contributed by atoms with E-state index in [4.69, 9.17) is 58.5 Å². The molecule has 208 valence electrons. The first-order valence-electron chi connectivity index (χ1n) is 12.4. The van der Waals surface area contributed by atoms with E-state index >= 15 is 0 Å². The molecule has 3 aromatic carbocycles. The van der Waals surface area contributed by atoms with Gasteiger partial charge in [-0.2, -0.15) is 0 Å². The van der Waals surface area contributed by atoms with Gasteiger partial charge in [-0.3, -0.25) is 0 Å². The molecule has 10 heteroatoms. The molecule has 0 aliphatic carbocycles. The molecule has 1 fully saturated rings. The van der Waals surface area contributed by atoms with Crippen molar-refractivity contribution in [2.45, 2.75) is 54.3 Å². The Bertz CT molecular complexity index is 1150. The molecule has 5 atom stereocenters. The third-order valence-electron chi connectivity index (χ3n) is 6.08. The summed E-state index contributed by atoms with van der Waals surface area (Å²) in [6.07, 6.45) is -4.90. The third-order valence-corrected chi connectivity index (χ3v) is 6.54. The highest BCUT2D eigenvalue weighted by atomic mass is 35.6. The summed E-state index contributed by atoms with van der Waals surface area (Å²) in [6, 6.07) is 28.6. The fraction of sp³-hybridized carbons (Fsp3) is 0.345. The number of benzene rings is 3. The van der Waals surface area contributed by atoms with E-state index in [1.54, 1.807) is 0 Å². The summed E-state index contributed by atoms with van der Waals surface area (Å²) in [5.41, 5.74) is 2.70. The van der Waals surface area contributed by atoms with Gasteiger partial charge in [0.25, 0.3) is 3.79 Å². The standard InChI is InChI=1S/C29H29Cl3O7/c30-29(31,32)28(34)39-27-26(37-19-22-14-8-3-9-15-22)25(36-18-21-12-6-2-7-13-21)24(23(16-33)38-27)35-17-20-10-4-1-5-11-20/h1-15,23-27,33H,16-19H2/t23-,24+,25+,26-,27-/m1/s1. The molecule has 0 unspecified atom stereocenters. The summed E-state index contributed by atoms with van der Waals surface area (Å²) in [5.74, 6) is -1.15. The highest BCUT2D eigenvalue weighted by molar-refractivity contribution is 6.75. The van der Waals surface area contributed by atoms with Crippen LogP contribution in [0.2, 0.25) is 0 Å². The molecule has 0 bridgehead atoms. The first-order valence-corrected chi connectivity index (χ1v) is 13.5. The average Bonchev–Trinajstić information content (AvgIpc) is 2.95. The zero-order valence-electron chi connectivity index (χ0n) is 20.9. The second-order valence-corrected chi connectivity index (χ2v) is 11.2. The Balaban J connectivity index is 1.64. The predicted molar refractivity (Wildman–Crippen MR) is 147 cm³/mol. The van der Waals surface area contributed by atoms with Gasteiger partial charge in [-0.15, -0.1) is 0 Å². The number of hydrogen-bond donors (Lipinski definition) is 1. The van der Waals surface area contributed by atoms with E-state index in [2.05, 4.69) is 0 Å². The van der Waals surface area contributed by atoms with E-state index in [9.17, 15) is 9.90 Å². The van der Waals surface area contributed by atoms with Gasteiger partial charge < -0.3 is 28.8 Å². The van der Waals surface area contributed by atoms with Crippen molar-refractivity contribution in [2.24, 2.45) is 0 Å². The van der Waals surface area contributed by atoms with Crippen LogP contribution in [0.15, 0.2) is 91.0 Å². The minimum Gasteiger partial charge on any atom is -0.430 e. The second-order valence-electron chi connectivity index (χ2n) is 8.91. The normalized spacial score (nSPS) is 23.3. The summed E-state index contributed by atoms with van der Waals surface area (Å²) in [7, 11) is 0. The van der Waals surface area contributed by atoms with Crippen molar-refractivity contribution < 1.29 is 33.6 Å². The summed E-state index contributed by atoms with van der Waals surface area (Å²) >= 11 is 17.3. The van der Waals surface area contributed by atoms with Gasteiger partial charge in [0.2, 0.25) is 6.29 Å². The number of hydrogen-bond acceptors (Lipinski definition) is 7. The number of carbonyl (C=O) groups is 1. The molecule has 0 aromatic heterocycles. The van der Waals surface area contributed by atoms with Crippen LogP contribution in [-0.2, 0) is 48.3 Å². The maximum absolute atomic E-state index is 12.5. The lowest BCUT2D eigenvalue weighted by atomic mass is 9.98. The lowest BCUT2D eigenvalue weighted by molar-refractivity contribution is -0.318. The molecule has 0 amide bonds. The lowest BCUT2D eigenvalue weighted by Crippen LogP contribution is -2.62. The highest BCUT2D eigenvalue weighted by Gasteiger charge is 2.51. The number of alkyl halides is 3. The van der Waals surface area contributed by atoms with Gasteiger partial charge in [0.1, 0.15) is 24.4 Å². The first-order chi connectivity index (χ1) is 18.8. The van der Waals surface area contributed by atoms with Gasteiger partial charge >= 0.3 is 5.97 Å². The van der Waals surface area contributed by atoms with Gasteiger partial charge in [-0.25, -0.2) is 4.79 Å². The van der Waals surface area contributed by atoms with E-state index in [0.717, 1.165) is 16.7 Å². The Hall–Kier alpha value is -2.20. The Labute approximate surface area is 242 Å². The van der Waals surface area contributed by atoms with Gasteiger partial charge in [-0.1, -0.05) is 126 Å². The van der Waals surface area contributed by atoms with E-state index in [-0.39, 0.29) is 19.8 Å². The van der Waals surface area contributed by atoms with Gasteiger partial charge in [0.15, 0.2) is 0 Å². The van der Waals surface area contributed by atoms with Crippen molar-refractivity contribution >= 4 is 40.8 Å². The number of carbonyl (C=O) groups excluding carboxylic acids is 1. The lowest BCUT2D eigenvalue weighted by Gasteiger charge is -2.45. The maximum Gasteiger partial charge on any atom is 0.360 e. The predicted octanol–water partition coefficient (Wildman–Crippen LogP) is 5.37. The van der Waals surface area contributed by atoms with Crippen molar-refractivity contribution in [3.05, 3.63) is 108 Å². The van der Waals surface area contributed by atoms with Crippen LogP contribution in [0.5, 0.6) is 0 Å². The quantitative estimate of drug-likeness (QED) is 0.236. The third kappa shape index (κ3) is 8.64. The fourth-order valence-corrected chi connectivity index (χ4v) is 4.29. The number of aliphatic hydroxyl groups is 1. The summed E-state index contributed by atoms with van der Waals surface area (Å²) in [4.78, 5) is 12.5. The molecular formula is C29H29Cl3O7. The Morgan fingerprint density at radius 3 is 1.51 bits per heavy atom. The van der Waals surface area contributed by atoms with Crippen molar-refractivity contribution in [3.63, 3.8) is 0 Å². The molecule has 0 spiro atoms. The zero-order valence-corrected chi connectivity index (χ0v) is 23.2. The molecule has 0 saturated carbocycles. The van der Waals surface area contributed by atoms with Crippen LogP contribution in [0.3, 0.4) is 0 Å². The molecule has 1 heterocycles. The van der Waals surface area contributed by atoms with E-state index in [0.29, 0.717) is 0 Å². The Morgan fingerprint density at radius 1 is 0.692 bits per heavy atom. The smallest absolute Gasteiger partial charge is 0.360 e. The minimum absolute atomic E-state index is 0.150. The second kappa shape index (κ2) is 14.4. The number of aliphatic hydroxyl groups excluding tert-OH is 1. The van der Waals surface area contributed by atoms with Crippen LogP contribution < -0.4 is 0 Å². The van der Waals surface area contributed by atoms with Crippen molar-refractivity contribution in [3.8, 4) is 0 Å². The minimum atomic E-state index is -2.34. The van der Waals surface area contributed by atoms with Gasteiger partial charge in [0.05, 0.1) is 26.4 Å². The summed E-state index contributed by atoms with van der Waals surface area (Å²) in [6.45, 7) is 0.126.